The highest BCUT2D eigenvalue weighted by molar-refractivity contribution is 6.30. The number of benzene rings is 3. The van der Waals surface area contributed by atoms with Crippen LogP contribution in [-0.4, -0.2) is 5.11 Å². The van der Waals surface area contributed by atoms with Gasteiger partial charge in [-0.1, -0.05) is 83.8 Å². The molecule has 0 bridgehead atoms. The Bertz CT molecular complexity index is 1070. The predicted octanol–water partition coefficient (Wildman–Crippen LogP) is 7.07. The van der Waals surface area contributed by atoms with Gasteiger partial charge in [-0.25, -0.2) is 0 Å². The Morgan fingerprint density at radius 3 is 1.79 bits per heavy atom. The first kappa shape index (κ1) is 14.9. The van der Waals surface area contributed by atoms with Gasteiger partial charge in [-0.05, 0) is 65.6 Å². The molecular formula is C25H24Cl2O. The summed E-state index contributed by atoms with van der Waals surface area (Å²) in [5.41, 5.74) is 1.16. The Kier molecular flexibility index (Phi) is 5.01. The molecule has 0 fully saturated rings. The Labute approximate surface area is 184 Å². The molecule has 0 spiro atoms. The quantitative estimate of drug-likeness (QED) is 0.389. The van der Waals surface area contributed by atoms with Gasteiger partial charge in [-0.15, -0.1) is 6.58 Å². The molecular weight excluding hydrogens is 387 g/mol. The topological polar surface area (TPSA) is 20.2 Å². The molecule has 28 heavy (non-hydrogen) atoms. The summed E-state index contributed by atoms with van der Waals surface area (Å²) in [5.74, 6) is 0. The van der Waals surface area contributed by atoms with Crippen LogP contribution in [0, 0.1) is 5.41 Å². The van der Waals surface area contributed by atoms with Crippen molar-refractivity contribution < 1.29 is 12.0 Å². The molecule has 0 radical (unpaired) electrons. The average molecular weight is 416 g/mol. The minimum atomic E-state index is -1.29. The van der Waals surface area contributed by atoms with Crippen molar-refractivity contribution in [3.05, 3.63) is 118 Å². The van der Waals surface area contributed by atoms with E-state index in [9.17, 15) is 5.11 Å². The van der Waals surface area contributed by atoms with Crippen LogP contribution in [0.25, 0.3) is 0 Å². The molecule has 0 saturated heterocycles. The van der Waals surface area contributed by atoms with Crippen LogP contribution in [0.5, 0.6) is 0 Å². The first-order valence-corrected chi connectivity index (χ1v) is 9.70. The number of halogens is 2. The second-order valence-electron chi connectivity index (χ2n) is 6.93. The molecule has 0 heterocycles. The first-order valence-electron chi connectivity index (χ1n) is 11.4. The zero-order chi connectivity index (χ0) is 24.3. The van der Waals surface area contributed by atoms with Crippen LogP contribution in [0.4, 0.5) is 0 Å². The van der Waals surface area contributed by atoms with Crippen LogP contribution in [0.1, 0.15) is 36.1 Å². The van der Waals surface area contributed by atoms with Gasteiger partial charge in [0.2, 0.25) is 0 Å². The molecule has 0 aliphatic heterocycles. The summed E-state index contributed by atoms with van der Waals surface area (Å²) >= 11 is 12.1. The van der Waals surface area contributed by atoms with Crippen LogP contribution in [0.15, 0.2) is 91.4 Å². The van der Waals surface area contributed by atoms with Crippen LogP contribution in [0.3, 0.4) is 0 Å². The van der Waals surface area contributed by atoms with E-state index >= 15 is 0 Å². The van der Waals surface area contributed by atoms with Gasteiger partial charge in [0.05, 0.1) is 13.0 Å². The number of hydrogen-bond acceptors (Lipinski definition) is 1. The smallest absolute Gasteiger partial charge is 0.0798 e. The van der Waals surface area contributed by atoms with E-state index in [2.05, 4.69) is 6.58 Å². The van der Waals surface area contributed by atoms with E-state index in [0.717, 1.165) is 11.1 Å². The van der Waals surface area contributed by atoms with Crippen molar-refractivity contribution in [2.75, 3.05) is 0 Å². The van der Waals surface area contributed by atoms with Gasteiger partial charge in [-0.2, -0.15) is 0 Å². The van der Waals surface area contributed by atoms with Crippen LogP contribution in [-0.2, 0) is 12.8 Å². The molecule has 0 aliphatic rings. The lowest BCUT2D eigenvalue weighted by molar-refractivity contribution is 0.118. The maximum atomic E-state index is 11.2. The fourth-order valence-corrected chi connectivity index (χ4v) is 3.62. The summed E-state index contributed by atoms with van der Waals surface area (Å²) < 4.78 is 40.2. The standard InChI is InChI=1S/C25H24Cl2O/c1-2-25(16-19-8-12-22(26)13-9-19,17-20-10-14-23(27)15-11-20)18-24(28)21-6-4-3-5-7-21/h2-15,24,28H,1,16-18H2/i3D,4D,5D,6D,7D. The molecule has 0 aliphatic carbocycles. The van der Waals surface area contributed by atoms with E-state index in [1.807, 2.05) is 24.3 Å². The van der Waals surface area contributed by atoms with Crippen molar-refractivity contribution in [3.63, 3.8) is 0 Å². The summed E-state index contributed by atoms with van der Waals surface area (Å²) in [6.07, 6.45) is 1.60. The number of allylic oxidation sites excluding steroid dienone is 1. The number of rotatable bonds is 8. The SMILES string of the molecule is [2H]c1c([2H])c([2H])c(C(O)CC(C=C)(Cc2ccc(Cl)cc2)Cc2ccc(Cl)cc2)c([2H])c1[2H]. The lowest BCUT2D eigenvalue weighted by Crippen LogP contribution is -2.27. The molecule has 0 saturated carbocycles. The van der Waals surface area contributed by atoms with E-state index in [1.165, 1.54) is 0 Å². The third-order valence-electron chi connectivity index (χ3n) is 4.82. The molecule has 1 N–H and O–H groups in total. The summed E-state index contributed by atoms with van der Waals surface area (Å²) in [6, 6.07) is 12.6. The second-order valence-corrected chi connectivity index (χ2v) is 7.80. The van der Waals surface area contributed by atoms with Crippen molar-refractivity contribution in [2.24, 2.45) is 5.41 Å². The summed E-state index contributed by atoms with van der Waals surface area (Å²) in [5, 5.41) is 12.4. The Morgan fingerprint density at radius 1 is 0.893 bits per heavy atom. The van der Waals surface area contributed by atoms with E-state index in [-0.39, 0.29) is 12.0 Å². The lowest BCUT2D eigenvalue weighted by Gasteiger charge is -2.33. The van der Waals surface area contributed by atoms with E-state index in [0.29, 0.717) is 22.9 Å². The van der Waals surface area contributed by atoms with Crippen molar-refractivity contribution in [1.82, 2.24) is 0 Å². The van der Waals surface area contributed by atoms with Gasteiger partial charge in [0.25, 0.3) is 0 Å². The average Bonchev–Trinajstić information content (AvgIpc) is 2.79. The highest BCUT2D eigenvalue weighted by Crippen LogP contribution is 2.38. The predicted molar refractivity (Wildman–Crippen MR) is 119 cm³/mol. The molecule has 3 rings (SSSR count). The summed E-state index contributed by atoms with van der Waals surface area (Å²) in [7, 11) is 0. The number of aliphatic hydroxyl groups excluding tert-OH is 1. The van der Waals surface area contributed by atoms with Gasteiger partial charge in [0.1, 0.15) is 0 Å². The molecule has 0 amide bonds. The fourth-order valence-electron chi connectivity index (χ4n) is 3.37. The minimum Gasteiger partial charge on any atom is -0.388 e. The summed E-state index contributed by atoms with van der Waals surface area (Å²) in [6.45, 7) is 4.04. The molecule has 1 nitrogen and oxygen atoms in total. The molecule has 1 unspecified atom stereocenters. The molecule has 3 heteroatoms. The fraction of sp³-hybridized carbons (Fsp3) is 0.200. The molecule has 3 aromatic rings. The van der Waals surface area contributed by atoms with E-state index in [1.54, 1.807) is 30.3 Å². The van der Waals surface area contributed by atoms with Crippen LogP contribution < -0.4 is 0 Å². The monoisotopic (exact) mass is 415 g/mol. The Balaban J connectivity index is 2.04. The maximum absolute atomic E-state index is 11.2. The van der Waals surface area contributed by atoms with Crippen molar-refractivity contribution >= 4 is 23.2 Å². The van der Waals surface area contributed by atoms with Gasteiger partial charge in [0.15, 0.2) is 0 Å². The Morgan fingerprint density at radius 2 is 1.36 bits per heavy atom. The lowest BCUT2D eigenvalue weighted by atomic mass is 9.72. The van der Waals surface area contributed by atoms with Gasteiger partial charge >= 0.3 is 0 Å². The van der Waals surface area contributed by atoms with E-state index < -0.39 is 41.7 Å². The number of hydrogen-bond donors (Lipinski definition) is 1. The van der Waals surface area contributed by atoms with Crippen LogP contribution >= 0.6 is 23.2 Å². The largest absolute Gasteiger partial charge is 0.388 e. The normalized spacial score (nSPS) is 15.0. The molecule has 144 valence electrons. The third-order valence-corrected chi connectivity index (χ3v) is 5.33. The molecule has 1 atom stereocenters. The molecule has 0 aromatic heterocycles. The highest BCUT2D eigenvalue weighted by atomic mass is 35.5. The van der Waals surface area contributed by atoms with Crippen LogP contribution in [0.2, 0.25) is 10.0 Å². The van der Waals surface area contributed by atoms with Gasteiger partial charge in [-0.3, -0.25) is 0 Å². The zero-order valence-corrected chi connectivity index (χ0v) is 16.8. The van der Waals surface area contributed by atoms with Crippen molar-refractivity contribution in [1.29, 1.82) is 0 Å². The van der Waals surface area contributed by atoms with Gasteiger partial charge < -0.3 is 5.11 Å². The maximum Gasteiger partial charge on any atom is 0.0798 e. The molecule has 3 aromatic carbocycles. The minimum absolute atomic E-state index is 0.107. The Hall–Kier alpha value is -2.06. The van der Waals surface area contributed by atoms with Crippen molar-refractivity contribution in [3.8, 4) is 0 Å². The van der Waals surface area contributed by atoms with Crippen molar-refractivity contribution in [2.45, 2.75) is 25.4 Å². The highest BCUT2D eigenvalue weighted by Gasteiger charge is 2.31. The van der Waals surface area contributed by atoms with Gasteiger partial charge in [0, 0.05) is 10.0 Å². The first-order chi connectivity index (χ1) is 15.6. The third kappa shape index (κ3) is 5.48. The summed E-state index contributed by atoms with van der Waals surface area (Å²) in [4.78, 5) is 0. The van der Waals surface area contributed by atoms with E-state index in [4.69, 9.17) is 30.1 Å². The zero-order valence-electron chi connectivity index (χ0n) is 20.3. The number of aliphatic hydroxyl groups is 1. The second kappa shape index (κ2) is 9.43.